The fraction of sp³-hybridized carbons (Fsp3) is 0.538. The van der Waals surface area contributed by atoms with Gasteiger partial charge in [0, 0.05) is 43.2 Å². The molecular formula is C13H17BrN2O. The number of aromatic nitrogens is 1. The molecule has 2 rings (SSSR count). The van der Waals surface area contributed by atoms with Crippen LogP contribution in [0.15, 0.2) is 18.3 Å². The number of amides is 1. The number of carbonyl (C=O) groups is 1. The zero-order chi connectivity index (χ0) is 12.1. The zero-order valence-electron chi connectivity index (χ0n) is 9.86. The van der Waals surface area contributed by atoms with Crippen molar-refractivity contribution in [2.24, 2.45) is 0 Å². The molecule has 92 valence electrons. The molecule has 1 aliphatic rings. The number of nitrogens with zero attached hydrogens (tertiary/aromatic N) is 2. The molecule has 0 bridgehead atoms. The molecule has 2 heterocycles. The number of carbonyl (C=O) groups excluding carboxylic acids is 1. The summed E-state index contributed by atoms with van der Waals surface area (Å²) in [6, 6.07) is 4.01. The highest BCUT2D eigenvalue weighted by molar-refractivity contribution is 9.09. The van der Waals surface area contributed by atoms with Crippen LogP contribution < -0.4 is 0 Å². The highest BCUT2D eigenvalue weighted by atomic mass is 79.9. The third-order valence-corrected chi connectivity index (χ3v) is 3.65. The molecule has 0 aliphatic carbocycles. The summed E-state index contributed by atoms with van der Waals surface area (Å²) >= 11 is 3.38. The lowest BCUT2D eigenvalue weighted by atomic mass is 10.1. The highest BCUT2D eigenvalue weighted by Crippen LogP contribution is 2.17. The predicted octanol–water partition coefficient (Wildman–Crippen LogP) is 2.53. The Morgan fingerprint density at radius 2 is 2.35 bits per heavy atom. The molecule has 0 N–H and O–H groups in total. The van der Waals surface area contributed by atoms with Gasteiger partial charge in [0.15, 0.2) is 0 Å². The molecule has 0 spiro atoms. The first kappa shape index (κ1) is 12.6. The Labute approximate surface area is 110 Å². The van der Waals surface area contributed by atoms with E-state index in [1.54, 1.807) is 0 Å². The molecule has 0 saturated carbocycles. The van der Waals surface area contributed by atoms with Gasteiger partial charge in [0.05, 0.1) is 0 Å². The lowest BCUT2D eigenvalue weighted by Crippen LogP contribution is -2.36. The Hall–Kier alpha value is -0.900. The largest absolute Gasteiger partial charge is 0.338 e. The first-order chi connectivity index (χ1) is 8.31. The zero-order valence-corrected chi connectivity index (χ0v) is 11.4. The predicted molar refractivity (Wildman–Crippen MR) is 71.0 cm³/mol. The molecule has 0 unspecified atom stereocenters. The van der Waals surface area contributed by atoms with Crippen LogP contribution in [-0.4, -0.2) is 27.7 Å². The molecule has 1 aromatic rings. The van der Waals surface area contributed by atoms with Gasteiger partial charge in [-0.1, -0.05) is 22.0 Å². The van der Waals surface area contributed by atoms with Gasteiger partial charge in [-0.25, -0.2) is 0 Å². The van der Waals surface area contributed by atoms with Crippen molar-refractivity contribution in [3.05, 3.63) is 29.6 Å². The lowest BCUT2D eigenvalue weighted by Gasteiger charge is -2.28. The second-order valence-electron chi connectivity index (χ2n) is 4.32. The van der Waals surface area contributed by atoms with E-state index in [9.17, 15) is 4.79 Å². The number of hydrogen-bond donors (Lipinski definition) is 0. The van der Waals surface area contributed by atoms with Crippen LogP contribution in [0.2, 0.25) is 0 Å². The number of fused-ring (bicyclic) bond motifs is 1. The second kappa shape index (κ2) is 6.15. The summed E-state index contributed by atoms with van der Waals surface area (Å²) in [7, 11) is 0. The smallest absolute Gasteiger partial charge is 0.222 e. The molecule has 1 aromatic heterocycles. The summed E-state index contributed by atoms with van der Waals surface area (Å²) in [5.41, 5.74) is 2.35. The van der Waals surface area contributed by atoms with Crippen molar-refractivity contribution in [3.63, 3.8) is 0 Å². The van der Waals surface area contributed by atoms with Crippen LogP contribution in [-0.2, 0) is 17.8 Å². The topological polar surface area (TPSA) is 33.2 Å². The molecular weight excluding hydrogens is 280 g/mol. The molecule has 1 amide bonds. The Bertz CT molecular complexity index is 395. The van der Waals surface area contributed by atoms with E-state index in [-0.39, 0.29) is 5.91 Å². The van der Waals surface area contributed by atoms with Crippen LogP contribution in [0, 0.1) is 0 Å². The number of halogens is 1. The Balaban J connectivity index is 1.91. The van der Waals surface area contributed by atoms with Crippen LogP contribution in [0.25, 0.3) is 0 Å². The van der Waals surface area contributed by atoms with Gasteiger partial charge in [0.1, 0.15) is 0 Å². The quantitative estimate of drug-likeness (QED) is 0.632. The fourth-order valence-electron chi connectivity index (χ4n) is 2.11. The van der Waals surface area contributed by atoms with Crippen LogP contribution in [0.3, 0.4) is 0 Å². The average Bonchev–Trinajstić information content (AvgIpc) is 2.38. The van der Waals surface area contributed by atoms with E-state index in [1.807, 2.05) is 17.2 Å². The van der Waals surface area contributed by atoms with Gasteiger partial charge in [0.25, 0.3) is 0 Å². The second-order valence-corrected chi connectivity index (χ2v) is 5.11. The van der Waals surface area contributed by atoms with Gasteiger partial charge < -0.3 is 4.90 Å². The lowest BCUT2D eigenvalue weighted by molar-refractivity contribution is -0.132. The summed E-state index contributed by atoms with van der Waals surface area (Å²) in [6.07, 6.45) is 5.42. The summed E-state index contributed by atoms with van der Waals surface area (Å²) < 4.78 is 0. The maximum absolute atomic E-state index is 12.0. The van der Waals surface area contributed by atoms with Crippen LogP contribution >= 0.6 is 15.9 Å². The third kappa shape index (κ3) is 3.28. The molecule has 0 radical (unpaired) electrons. The third-order valence-electron chi connectivity index (χ3n) is 3.09. The molecule has 17 heavy (non-hydrogen) atoms. The van der Waals surface area contributed by atoms with Gasteiger partial charge >= 0.3 is 0 Å². The minimum atomic E-state index is 0.278. The van der Waals surface area contributed by atoms with Crippen molar-refractivity contribution in [1.82, 2.24) is 9.88 Å². The van der Waals surface area contributed by atoms with E-state index in [0.29, 0.717) is 6.42 Å². The summed E-state index contributed by atoms with van der Waals surface area (Å²) in [5, 5.41) is 0.979. The molecule has 0 aromatic carbocycles. The number of unbranched alkanes of at least 4 members (excludes halogenated alkanes) is 1. The summed E-state index contributed by atoms with van der Waals surface area (Å²) in [4.78, 5) is 18.3. The number of rotatable bonds is 4. The average molecular weight is 297 g/mol. The van der Waals surface area contributed by atoms with E-state index in [2.05, 4.69) is 27.0 Å². The molecule has 1 aliphatic heterocycles. The fourth-order valence-corrected chi connectivity index (χ4v) is 2.50. The van der Waals surface area contributed by atoms with Crippen LogP contribution in [0.4, 0.5) is 0 Å². The van der Waals surface area contributed by atoms with E-state index in [4.69, 9.17) is 0 Å². The van der Waals surface area contributed by atoms with Crippen molar-refractivity contribution in [3.8, 4) is 0 Å². The highest BCUT2D eigenvalue weighted by Gasteiger charge is 2.20. The van der Waals surface area contributed by atoms with Gasteiger partial charge in [0.2, 0.25) is 5.91 Å². The summed E-state index contributed by atoms with van der Waals surface area (Å²) in [5.74, 6) is 0.278. The van der Waals surface area contributed by atoms with Crippen LogP contribution in [0.5, 0.6) is 0 Å². The molecule has 3 nitrogen and oxygen atoms in total. The maximum Gasteiger partial charge on any atom is 0.222 e. The van der Waals surface area contributed by atoms with Crippen molar-refractivity contribution < 1.29 is 4.79 Å². The van der Waals surface area contributed by atoms with E-state index < -0.39 is 0 Å². The van der Waals surface area contributed by atoms with Gasteiger partial charge in [-0.15, -0.1) is 0 Å². The Morgan fingerprint density at radius 3 is 3.18 bits per heavy atom. The normalized spacial score (nSPS) is 14.5. The first-order valence-electron chi connectivity index (χ1n) is 6.08. The van der Waals surface area contributed by atoms with E-state index in [0.717, 1.165) is 43.4 Å². The van der Waals surface area contributed by atoms with Gasteiger partial charge in [-0.2, -0.15) is 0 Å². The first-order valence-corrected chi connectivity index (χ1v) is 7.20. The molecule has 0 saturated heterocycles. The van der Waals surface area contributed by atoms with Gasteiger partial charge in [-0.3, -0.25) is 9.78 Å². The minimum absolute atomic E-state index is 0.278. The molecule has 0 fully saturated rings. The van der Waals surface area contributed by atoms with Crippen LogP contribution in [0.1, 0.15) is 30.5 Å². The number of pyridine rings is 1. The van der Waals surface area contributed by atoms with E-state index >= 15 is 0 Å². The van der Waals surface area contributed by atoms with Gasteiger partial charge in [-0.05, 0) is 24.5 Å². The SMILES string of the molecule is O=C(CCCCBr)N1CCc2ncccc2C1. The Kier molecular flexibility index (Phi) is 4.54. The van der Waals surface area contributed by atoms with Crippen molar-refractivity contribution in [2.45, 2.75) is 32.2 Å². The van der Waals surface area contributed by atoms with Crippen molar-refractivity contribution in [2.75, 3.05) is 11.9 Å². The minimum Gasteiger partial charge on any atom is -0.338 e. The molecule has 4 heteroatoms. The Morgan fingerprint density at radius 1 is 1.47 bits per heavy atom. The van der Waals surface area contributed by atoms with Crippen molar-refractivity contribution in [1.29, 1.82) is 0 Å². The monoisotopic (exact) mass is 296 g/mol. The standard InChI is InChI=1S/C13H17BrN2O/c14-7-2-1-5-13(17)16-9-6-12-11(10-16)4-3-8-15-12/h3-4,8H,1-2,5-7,9-10H2. The van der Waals surface area contributed by atoms with E-state index in [1.165, 1.54) is 5.56 Å². The number of hydrogen-bond acceptors (Lipinski definition) is 2. The molecule has 0 atom stereocenters. The maximum atomic E-state index is 12.0. The van der Waals surface area contributed by atoms with Crippen molar-refractivity contribution >= 4 is 21.8 Å². The summed E-state index contributed by atoms with van der Waals surface area (Å²) in [6.45, 7) is 1.55. The number of alkyl halides is 1.